The summed E-state index contributed by atoms with van der Waals surface area (Å²) in [6.45, 7) is 10.7. The molecule has 2 aromatic carbocycles. The molecule has 30 heteroatoms. The number of hydrogen-bond acceptors (Lipinski definition) is 19. The number of alkyl carbamates (subject to hydrolysis) is 1. The first kappa shape index (κ1) is 68.3. The normalized spacial score (nSPS) is 16.0. The highest BCUT2D eigenvalue weighted by atomic mass is 19.1. The molecule has 91 heavy (non-hydrogen) atoms. The Hall–Kier alpha value is -8.61. The van der Waals surface area contributed by atoms with Crippen molar-refractivity contribution >= 4 is 52.4 Å². The molecule has 8 N–H and O–H groups in total. The van der Waals surface area contributed by atoms with Crippen LogP contribution in [0.5, 0.6) is 0 Å². The van der Waals surface area contributed by atoms with Gasteiger partial charge in [0.25, 0.3) is 5.56 Å². The van der Waals surface area contributed by atoms with Crippen LogP contribution in [0.3, 0.4) is 0 Å². The highest BCUT2D eigenvalue weighted by Crippen LogP contribution is 2.46. The molecule has 0 saturated carbocycles. The Morgan fingerprint density at radius 2 is 1.56 bits per heavy atom. The van der Waals surface area contributed by atoms with E-state index in [-0.39, 0.29) is 95.4 Å². The Morgan fingerprint density at radius 3 is 2.20 bits per heavy atom. The smallest absolute Gasteiger partial charge is 0.408 e. The maximum atomic E-state index is 15.5. The number of carbonyl (C=O) groups excluding carboxylic acids is 6. The number of aliphatic hydroxyl groups is 1. The number of halogens is 1. The molecule has 5 heterocycles. The number of azide groups is 1. The second kappa shape index (κ2) is 32.9. The first-order chi connectivity index (χ1) is 43.9. The van der Waals surface area contributed by atoms with Gasteiger partial charge >= 0.3 is 18.1 Å². The average molecular weight is 1270 g/mol. The topological polar surface area (TPSA) is 384 Å². The number of pyridine rings is 2. The largest absolute Gasteiger partial charge is 0.458 e. The Balaban J connectivity index is 0.803. The van der Waals surface area contributed by atoms with Crippen LogP contribution in [0.25, 0.3) is 38.4 Å². The van der Waals surface area contributed by atoms with Gasteiger partial charge in [0.1, 0.15) is 24.5 Å². The monoisotopic (exact) mass is 1270 g/mol. The average Bonchev–Trinajstić information content (AvgIpc) is 1.65. The van der Waals surface area contributed by atoms with Gasteiger partial charge in [-0.2, -0.15) is 0 Å². The molecule has 1 aliphatic carbocycles. The van der Waals surface area contributed by atoms with Gasteiger partial charge < -0.3 is 84.5 Å². The minimum atomic E-state index is -2.05. The molecule has 0 bridgehead atoms. The third-order valence-electron chi connectivity index (χ3n) is 15.7. The fourth-order valence-electron chi connectivity index (χ4n) is 11.0. The number of amides is 6. The minimum absolute atomic E-state index is 0.0433. The van der Waals surface area contributed by atoms with E-state index in [0.29, 0.717) is 128 Å². The number of aryl methyl sites for hydroxylation is 1. The number of rotatable bonds is 36. The van der Waals surface area contributed by atoms with Gasteiger partial charge in [-0.25, -0.2) is 28.7 Å². The molecule has 29 nitrogen and oxygen atoms in total. The first-order valence-corrected chi connectivity index (χ1v) is 30.2. The maximum Gasteiger partial charge on any atom is 0.408 e. The number of nitrogens with one attached hydrogen (secondary N) is 5. The van der Waals surface area contributed by atoms with E-state index in [2.05, 4.69) is 41.6 Å². The van der Waals surface area contributed by atoms with E-state index in [1.165, 1.54) is 16.8 Å². The van der Waals surface area contributed by atoms with Crippen molar-refractivity contribution in [1.82, 2.24) is 40.4 Å². The summed E-state index contributed by atoms with van der Waals surface area (Å²) < 4.78 is 62.4. The molecule has 0 unspecified atom stereocenters. The molecular weight excluding hydrogens is 1190 g/mol. The molecule has 3 aliphatic rings. The third-order valence-corrected chi connectivity index (χ3v) is 15.7. The standard InChI is InChI=1S/C61H78FN13O16/c1-5-61(83)43-31-48-54-41(33-75(48)57(79)42(43)34-90-58(61)80)52-45(13-12-40-37(4)44(62)32-47(69-54)51(40)52)71-60(82)91-35-49-65-16-18-74(49)39-10-8-38(9-11-39)68-55(77)46(7-6-15-66-59(63)81)70-56(78)53(36(2)3)72-50(76)14-19-84-21-23-86-25-27-88-29-30-89-28-26-87-24-22-85-20-17-67-73-64/h8-11,16,18,31-32,36,45-46,53,83H,5-7,12-15,17,19-30,33-35H2,1-4H3,(H,68,77)(H,70,78)(H,71,82)(H,72,76)(H3,63,66,81)/t45-,46-,53-,61-/m0/s1. The number of esters is 1. The fourth-order valence-corrected chi connectivity index (χ4v) is 11.0. The summed E-state index contributed by atoms with van der Waals surface area (Å²) in [6, 6.07) is 6.08. The SMILES string of the molecule is CC[C@@]1(O)C(=O)OCc2c1cc1n(c2=O)Cc2c-1nc1cc(F)c(C)c3c1c2[C@@H](NC(=O)OCc1nccn1-c1ccc(NC(=O)[C@H](CCCNC(N)=O)NC(=O)[C@@H](NC(=O)CCOCCOCCOCCOCCOCCOCCN=[N+]=[N-])C(C)C)cc1)CC3. The molecule has 5 aromatic rings. The molecule has 490 valence electrons. The number of fused-ring (bicyclic) bond motifs is 5. The summed E-state index contributed by atoms with van der Waals surface area (Å²) in [5, 5.41) is 29.3. The molecule has 3 aromatic heterocycles. The van der Waals surface area contributed by atoms with E-state index in [1.54, 1.807) is 68.8 Å². The minimum Gasteiger partial charge on any atom is -0.458 e. The summed E-state index contributed by atoms with van der Waals surface area (Å²) >= 11 is 0. The molecule has 8 rings (SSSR count). The Morgan fingerprint density at radius 1 is 0.901 bits per heavy atom. The Kier molecular flexibility index (Phi) is 24.7. The van der Waals surface area contributed by atoms with E-state index in [4.69, 9.17) is 54.1 Å². The van der Waals surface area contributed by atoms with E-state index < -0.39 is 70.9 Å². The van der Waals surface area contributed by atoms with Gasteiger partial charge in [-0.15, -0.1) is 0 Å². The fraction of sp³-hybridized carbons (Fsp3) is 0.525. The van der Waals surface area contributed by atoms with Crippen molar-refractivity contribution in [2.24, 2.45) is 16.8 Å². The van der Waals surface area contributed by atoms with Crippen LogP contribution in [0.1, 0.15) is 98.1 Å². The maximum absolute atomic E-state index is 15.5. The van der Waals surface area contributed by atoms with Gasteiger partial charge in [0, 0.05) is 70.8 Å². The molecule has 0 spiro atoms. The van der Waals surface area contributed by atoms with Crippen LogP contribution in [0.15, 0.2) is 58.7 Å². The quantitative estimate of drug-likeness (QED) is 0.00939. The van der Waals surface area contributed by atoms with Crippen molar-refractivity contribution in [2.75, 3.05) is 97.7 Å². The number of nitrogens with two attached hydrogens (primary N) is 1. The number of hydrogen-bond donors (Lipinski definition) is 7. The van der Waals surface area contributed by atoms with Crippen molar-refractivity contribution in [3.63, 3.8) is 0 Å². The number of urea groups is 1. The summed E-state index contributed by atoms with van der Waals surface area (Å²) in [5.74, 6) is -2.95. The number of nitrogens with zero attached hydrogens (tertiary/aromatic N) is 7. The van der Waals surface area contributed by atoms with Crippen molar-refractivity contribution in [2.45, 2.75) is 110 Å². The second-order valence-electron chi connectivity index (χ2n) is 22.0. The van der Waals surface area contributed by atoms with Crippen molar-refractivity contribution < 1.29 is 76.2 Å². The van der Waals surface area contributed by atoms with Crippen molar-refractivity contribution in [3.8, 4) is 17.1 Å². The summed E-state index contributed by atoms with van der Waals surface area (Å²) in [4.78, 5) is 105. The molecule has 2 aliphatic heterocycles. The van der Waals surface area contributed by atoms with Gasteiger partial charge in [-0.1, -0.05) is 25.9 Å². The number of carbonyl (C=O) groups is 6. The Bertz CT molecular complexity index is 3520. The molecule has 4 atom stereocenters. The van der Waals surface area contributed by atoms with Crippen molar-refractivity contribution in [1.29, 1.82) is 0 Å². The van der Waals surface area contributed by atoms with Gasteiger partial charge in [0.05, 0.1) is 114 Å². The number of cyclic esters (lactones) is 1. The molecular formula is C61H78FN13O16. The zero-order chi connectivity index (χ0) is 65.0. The van der Waals surface area contributed by atoms with Crippen LogP contribution in [0.2, 0.25) is 0 Å². The molecule has 6 amide bonds. The zero-order valence-corrected chi connectivity index (χ0v) is 51.3. The lowest BCUT2D eigenvalue weighted by molar-refractivity contribution is -0.172. The van der Waals surface area contributed by atoms with Crippen LogP contribution in [0.4, 0.5) is 19.7 Å². The van der Waals surface area contributed by atoms with Crippen LogP contribution >= 0.6 is 0 Å². The highest BCUT2D eigenvalue weighted by molar-refractivity contribution is 5.99. The van der Waals surface area contributed by atoms with Gasteiger partial charge in [-0.3, -0.25) is 19.2 Å². The van der Waals surface area contributed by atoms with Crippen LogP contribution < -0.4 is 37.9 Å². The summed E-state index contributed by atoms with van der Waals surface area (Å²) in [5.41, 5.74) is 15.7. The first-order valence-electron chi connectivity index (χ1n) is 30.2. The lowest BCUT2D eigenvalue weighted by atomic mass is 9.81. The predicted octanol–water partition coefficient (Wildman–Crippen LogP) is 4.44. The predicted molar refractivity (Wildman–Crippen MR) is 325 cm³/mol. The number of imidazole rings is 1. The second-order valence-corrected chi connectivity index (χ2v) is 22.0. The number of anilines is 1. The molecule has 0 saturated heterocycles. The van der Waals surface area contributed by atoms with Gasteiger partial charge in [0.15, 0.2) is 18.0 Å². The summed E-state index contributed by atoms with van der Waals surface area (Å²) in [6.07, 6.45) is 3.46. The number of primary amides is 1. The highest BCUT2D eigenvalue weighted by Gasteiger charge is 2.46. The van der Waals surface area contributed by atoms with Crippen LogP contribution in [0, 0.1) is 18.7 Å². The lowest BCUT2D eigenvalue weighted by Crippen LogP contribution is -2.54. The van der Waals surface area contributed by atoms with Crippen LogP contribution in [-0.2, 0) is 88.9 Å². The summed E-state index contributed by atoms with van der Waals surface area (Å²) in [7, 11) is 0. The lowest BCUT2D eigenvalue weighted by Gasteiger charge is -2.31. The number of benzene rings is 2. The van der Waals surface area contributed by atoms with E-state index in [1.807, 2.05) is 0 Å². The van der Waals surface area contributed by atoms with Crippen LogP contribution in [-0.4, -0.2) is 164 Å². The van der Waals surface area contributed by atoms with E-state index in [0.717, 1.165) is 5.56 Å². The number of aromatic nitrogens is 4. The van der Waals surface area contributed by atoms with E-state index >= 15 is 4.39 Å². The van der Waals surface area contributed by atoms with Gasteiger partial charge in [0.2, 0.25) is 17.7 Å². The van der Waals surface area contributed by atoms with E-state index in [9.17, 15) is 38.7 Å². The molecule has 0 radical (unpaired) electrons. The molecule has 0 fully saturated rings. The number of ether oxygens (including phenoxy) is 8. The third kappa shape index (κ3) is 17.5. The zero-order valence-electron chi connectivity index (χ0n) is 51.3. The van der Waals surface area contributed by atoms with Crippen molar-refractivity contribution in [3.05, 3.63) is 115 Å². The Labute approximate surface area is 523 Å². The van der Waals surface area contributed by atoms with Gasteiger partial charge in [-0.05, 0) is 97.5 Å².